The summed E-state index contributed by atoms with van der Waals surface area (Å²) < 4.78 is 2.01. The Labute approximate surface area is 176 Å². The Morgan fingerprint density at radius 1 is 1.10 bits per heavy atom. The van der Waals surface area contributed by atoms with Crippen LogP contribution in [0.25, 0.3) is 28.5 Å². The molecule has 2 aromatic carbocycles. The Balaban J connectivity index is 1.35. The van der Waals surface area contributed by atoms with E-state index in [0.29, 0.717) is 6.54 Å². The van der Waals surface area contributed by atoms with E-state index in [1.807, 2.05) is 17.8 Å². The Bertz CT molecular complexity index is 1100. The molecule has 30 heavy (non-hydrogen) atoms. The van der Waals surface area contributed by atoms with Gasteiger partial charge in [-0.25, -0.2) is 4.68 Å². The molecule has 0 unspecified atom stereocenters. The quantitative estimate of drug-likeness (QED) is 0.680. The minimum absolute atomic E-state index is 0.0728. The molecule has 1 amide bonds. The van der Waals surface area contributed by atoms with Gasteiger partial charge in [0.2, 0.25) is 5.91 Å². The number of amides is 1. The van der Waals surface area contributed by atoms with Gasteiger partial charge in [-0.05, 0) is 54.9 Å². The van der Waals surface area contributed by atoms with Crippen molar-refractivity contribution in [1.82, 2.24) is 20.3 Å². The van der Waals surface area contributed by atoms with E-state index in [-0.39, 0.29) is 17.9 Å². The molecule has 2 atom stereocenters. The van der Waals surface area contributed by atoms with Crippen molar-refractivity contribution in [3.63, 3.8) is 0 Å². The number of hydrogen-bond acceptors (Lipinski definition) is 3. The number of carbonyl (C=O) groups excluding carboxylic acids is 1. The highest BCUT2D eigenvalue weighted by atomic mass is 16.1. The maximum Gasteiger partial charge on any atom is 0.223 e. The third kappa shape index (κ3) is 3.45. The SMILES string of the molecule is CCNC(=O)[C@H]1CC[C@@H](n2nncc2-c2ccc(-c3ccc4c(c3)CC=C4)cc2)C1. The smallest absolute Gasteiger partial charge is 0.223 e. The maximum atomic E-state index is 12.2. The number of allylic oxidation sites excluding steroid dienone is 1. The van der Waals surface area contributed by atoms with Gasteiger partial charge in [-0.3, -0.25) is 4.79 Å². The summed E-state index contributed by atoms with van der Waals surface area (Å²) in [6.07, 6.45) is 9.94. The average Bonchev–Trinajstić information content (AvgIpc) is 3.53. The van der Waals surface area contributed by atoms with Crippen LogP contribution in [0.3, 0.4) is 0 Å². The second-order valence-electron chi connectivity index (χ2n) is 8.22. The van der Waals surface area contributed by atoms with Crippen molar-refractivity contribution in [3.05, 3.63) is 65.9 Å². The van der Waals surface area contributed by atoms with Crippen molar-refractivity contribution >= 4 is 12.0 Å². The summed E-state index contributed by atoms with van der Waals surface area (Å²) in [6.45, 7) is 2.64. The van der Waals surface area contributed by atoms with Gasteiger partial charge >= 0.3 is 0 Å². The van der Waals surface area contributed by atoms with Crippen LogP contribution in [0, 0.1) is 5.92 Å². The zero-order valence-corrected chi connectivity index (χ0v) is 17.2. The van der Waals surface area contributed by atoms with E-state index in [1.165, 1.54) is 22.3 Å². The average molecular weight is 399 g/mol. The molecule has 0 spiro atoms. The van der Waals surface area contributed by atoms with Crippen LogP contribution in [0.1, 0.15) is 43.4 Å². The van der Waals surface area contributed by atoms with E-state index in [2.05, 4.69) is 70.2 Å². The first-order chi connectivity index (χ1) is 14.7. The third-order valence-corrected chi connectivity index (χ3v) is 6.34. The molecule has 5 nitrogen and oxygen atoms in total. The first-order valence-electron chi connectivity index (χ1n) is 10.8. The fourth-order valence-electron chi connectivity index (χ4n) is 4.73. The van der Waals surface area contributed by atoms with Crippen LogP contribution < -0.4 is 5.32 Å². The molecule has 1 aromatic heterocycles. The normalized spacial score (nSPS) is 19.8. The summed E-state index contributed by atoms with van der Waals surface area (Å²) >= 11 is 0. The predicted molar refractivity (Wildman–Crippen MR) is 119 cm³/mol. The zero-order valence-electron chi connectivity index (χ0n) is 17.2. The van der Waals surface area contributed by atoms with E-state index in [0.717, 1.165) is 36.9 Å². The van der Waals surface area contributed by atoms with Gasteiger partial charge in [0.25, 0.3) is 0 Å². The molecular weight excluding hydrogens is 372 g/mol. The van der Waals surface area contributed by atoms with Crippen molar-refractivity contribution < 1.29 is 4.79 Å². The van der Waals surface area contributed by atoms with Gasteiger partial charge in [0, 0.05) is 18.0 Å². The number of hydrogen-bond donors (Lipinski definition) is 1. The first kappa shape index (κ1) is 18.8. The van der Waals surface area contributed by atoms with Gasteiger partial charge in [0.1, 0.15) is 0 Å². The topological polar surface area (TPSA) is 59.8 Å². The van der Waals surface area contributed by atoms with E-state index in [1.54, 1.807) is 0 Å². The van der Waals surface area contributed by atoms with Crippen molar-refractivity contribution in [2.24, 2.45) is 5.92 Å². The van der Waals surface area contributed by atoms with Crippen LogP contribution in [0.15, 0.2) is 54.7 Å². The molecule has 5 rings (SSSR count). The van der Waals surface area contributed by atoms with E-state index in [4.69, 9.17) is 0 Å². The fraction of sp³-hybridized carbons (Fsp3) is 0.320. The predicted octanol–water partition coefficient (Wildman–Crippen LogP) is 4.66. The van der Waals surface area contributed by atoms with Crippen LogP contribution in [0.5, 0.6) is 0 Å². The molecule has 0 bridgehead atoms. The van der Waals surface area contributed by atoms with Gasteiger partial charge in [-0.1, -0.05) is 59.8 Å². The van der Waals surface area contributed by atoms with Crippen LogP contribution in [-0.2, 0) is 11.2 Å². The minimum Gasteiger partial charge on any atom is -0.356 e. The Hall–Kier alpha value is -3.21. The molecule has 1 N–H and O–H groups in total. The van der Waals surface area contributed by atoms with Crippen LogP contribution in [0.4, 0.5) is 0 Å². The van der Waals surface area contributed by atoms with E-state index < -0.39 is 0 Å². The third-order valence-electron chi connectivity index (χ3n) is 6.34. The summed E-state index contributed by atoms with van der Waals surface area (Å²) in [5.41, 5.74) is 7.30. The standard InChI is InChI=1S/C25H26N4O/c1-2-26-25(30)22-12-13-23(15-22)29-24(16-27-28-29)19-9-6-18(7-10-19)21-11-8-17-4-3-5-20(17)14-21/h3-4,6-11,14,16,22-23H,2,5,12-13,15H2,1H3,(H,26,30)/t22-,23+/m0/s1. The molecular formula is C25H26N4O. The molecule has 1 fully saturated rings. The lowest BCUT2D eigenvalue weighted by Crippen LogP contribution is -2.29. The number of rotatable bonds is 5. The highest BCUT2D eigenvalue weighted by molar-refractivity contribution is 5.79. The molecule has 2 aliphatic carbocycles. The monoisotopic (exact) mass is 398 g/mol. The molecule has 0 saturated heterocycles. The highest BCUT2D eigenvalue weighted by Crippen LogP contribution is 2.37. The van der Waals surface area contributed by atoms with Crippen LogP contribution >= 0.6 is 0 Å². The largest absolute Gasteiger partial charge is 0.356 e. The van der Waals surface area contributed by atoms with Crippen molar-refractivity contribution in [3.8, 4) is 22.4 Å². The Morgan fingerprint density at radius 2 is 1.90 bits per heavy atom. The first-order valence-corrected chi connectivity index (χ1v) is 10.8. The van der Waals surface area contributed by atoms with Gasteiger partial charge < -0.3 is 5.32 Å². The minimum atomic E-state index is 0.0728. The van der Waals surface area contributed by atoms with Crippen molar-refractivity contribution in [2.45, 2.75) is 38.6 Å². The summed E-state index contributed by atoms with van der Waals surface area (Å²) in [6, 6.07) is 15.5. The van der Waals surface area contributed by atoms with Crippen LogP contribution in [0.2, 0.25) is 0 Å². The molecule has 2 aliphatic rings. The van der Waals surface area contributed by atoms with Crippen molar-refractivity contribution in [1.29, 1.82) is 0 Å². The highest BCUT2D eigenvalue weighted by Gasteiger charge is 2.32. The summed E-state index contributed by atoms with van der Waals surface area (Å²) in [4.78, 5) is 12.2. The Morgan fingerprint density at radius 3 is 2.73 bits per heavy atom. The molecule has 0 radical (unpaired) electrons. The summed E-state index contributed by atoms with van der Waals surface area (Å²) in [5.74, 6) is 0.235. The van der Waals surface area contributed by atoms with E-state index in [9.17, 15) is 4.79 Å². The molecule has 0 aliphatic heterocycles. The van der Waals surface area contributed by atoms with Crippen molar-refractivity contribution in [2.75, 3.05) is 6.54 Å². The van der Waals surface area contributed by atoms with Crippen LogP contribution in [-0.4, -0.2) is 27.4 Å². The number of nitrogens with zero attached hydrogens (tertiary/aromatic N) is 3. The number of fused-ring (bicyclic) bond motifs is 1. The molecule has 152 valence electrons. The lowest BCUT2D eigenvalue weighted by molar-refractivity contribution is -0.124. The summed E-state index contributed by atoms with van der Waals surface area (Å²) in [5, 5.41) is 11.5. The second-order valence-corrected chi connectivity index (χ2v) is 8.22. The number of nitrogens with one attached hydrogen (secondary N) is 1. The van der Waals surface area contributed by atoms with Gasteiger partial charge in [-0.2, -0.15) is 0 Å². The molecule has 1 saturated carbocycles. The molecule has 1 heterocycles. The number of benzene rings is 2. The summed E-state index contributed by atoms with van der Waals surface area (Å²) in [7, 11) is 0. The lowest BCUT2D eigenvalue weighted by Gasteiger charge is -2.14. The lowest BCUT2D eigenvalue weighted by atomic mass is 9.99. The Kier molecular flexibility index (Phi) is 4.95. The maximum absolute atomic E-state index is 12.2. The van der Waals surface area contributed by atoms with Gasteiger partial charge in [-0.15, -0.1) is 5.10 Å². The fourth-order valence-corrected chi connectivity index (χ4v) is 4.73. The molecule has 5 heteroatoms. The second kappa shape index (κ2) is 7.90. The van der Waals surface area contributed by atoms with Gasteiger partial charge in [0.05, 0.1) is 17.9 Å². The van der Waals surface area contributed by atoms with E-state index >= 15 is 0 Å². The number of carbonyl (C=O) groups is 1. The van der Waals surface area contributed by atoms with Gasteiger partial charge in [0.15, 0.2) is 0 Å². The molecule has 3 aromatic rings. The number of aromatic nitrogens is 3. The zero-order chi connectivity index (χ0) is 20.5.